The highest BCUT2D eigenvalue weighted by molar-refractivity contribution is 6.31. The van der Waals surface area contributed by atoms with Gasteiger partial charge in [-0.1, -0.05) is 11.6 Å². The summed E-state index contributed by atoms with van der Waals surface area (Å²) >= 11 is 6.15. The second-order valence-corrected chi connectivity index (χ2v) is 15.0. The lowest BCUT2D eigenvalue weighted by Crippen LogP contribution is -2.54. The first-order valence-corrected chi connectivity index (χ1v) is 18.6. The van der Waals surface area contributed by atoms with Gasteiger partial charge in [-0.05, 0) is 84.8 Å². The highest BCUT2D eigenvalue weighted by Gasteiger charge is 2.45. The van der Waals surface area contributed by atoms with E-state index in [1.165, 1.54) is 0 Å². The summed E-state index contributed by atoms with van der Waals surface area (Å²) in [4.78, 5) is 71.5. The van der Waals surface area contributed by atoms with Gasteiger partial charge in [-0.15, -0.1) is 0 Å². The first-order chi connectivity index (χ1) is 25.6. The molecule has 272 valence electrons. The number of amides is 5. The maximum Gasteiger partial charge on any atom is 0.262 e. The zero-order valence-corrected chi connectivity index (χ0v) is 29.9. The highest BCUT2D eigenvalue weighted by Crippen LogP contribution is 2.35. The number of halogens is 1. The minimum Gasteiger partial charge on any atom is -0.490 e. The lowest BCUT2D eigenvalue weighted by molar-refractivity contribution is -0.136. The molecule has 5 amide bonds. The summed E-state index contributed by atoms with van der Waals surface area (Å²) in [6, 6.07) is 17.7. The molecule has 1 atom stereocenters. The maximum absolute atomic E-state index is 13.3. The van der Waals surface area contributed by atoms with Crippen molar-refractivity contribution in [2.45, 2.75) is 63.8 Å². The topological polar surface area (TPSA) is 143 Å². The first-order valence-electron chi connectivity index (χ1n) is 18.3. The molecule has 0 aliphatic carbocycles. The fourth-order valence-electron chi connectivity index (χ4n) is 8.33. The predicted octanol–water partition coefficient (Wildman–Crippen LogP) is 4.53. The Morgan fingerprint density at radius 2 is 1.51 bits per heavy atom. The average molecular weight is 735 g/mol. The lowest BCUT2D eigenvalue weighted by Gasteiger charge is -2.35. The molecule has 5 aliphatic heterocycles. The minimum atomic E-state index is -0.962. The summed E-state index contributed by atoms with van der Waals surface area (Å²) in [5, 5.41) is 11.7. The normalized spacial score (nSPS) is 21.1. The van der Waals surface area contributed by atoms with Crippen LogP contribution in [0.2, 0.25) is 5.02 Å². The summed E-state index contributed by atoms with van der Waals surface area (Å²) < 4.78 is 6.08. The van der Waals surface area contributed by atoms with Gasteiger partial charge in [0.2, 0.25) is 11.8 Å². The van der Waals surface area contributed by atoms with Gasteiger partial charge in [0, 0.05) is 82.4 Å². The van der Waals surface area contributed by atoms with Crippen molar-refractivity contribution in [1.29, 1.82) is 5.26 Å². The number of benzene rings is 3. The maximum atomic E-state index is 13.3. The molecule has 3 saturated heterocycles. The van der Waals surface area contributed by atoms with Crippen molar-refractivity contribution >= 4 is 46.8 Å². The molecule has 3 aromatic carbocycles. The highest BCUT2D eigenvalue weighted by atomic mass is 35.5. The molecule has 0 bridgehead atoms. The van der Waals surface area contributed by atoms with Crippen LogP contribution >= 0.6 is 11.6 Å². The number of imide groups is 2. The van der Waals surface area contributed by atoms with Crippen molar-refractivity contribution < 1.29 is 28.7 Å². The van der Waals surface area contributed by atoms with E-state index >= 15 is 0 Å². The lowest BCUT2D eigenvalue weighted by atomic mass is 9.95. The van der Waals surface area contributed by atoms with Crippen LogP contribution in [-0.4, -0.2) is 89.1 Å². The van der Waals surface area contributed by atoms with Crippen molar-refractivity contribution in [3.8, 4) is 11.8 Å². The van der Waals surface area contributed by atoms with Gasteiger partial charge in [0.05, 0.1) is 21.7 Å². The van der Waals surface area contributed by atoms with E-state index in [1.807, 2.05) is 41.3 Å². The Bertz CT molecular complexity index is 2000. The smallest absolute Gasteiger partial charge is 0.262 e. The van der Waals surface area contributed by atoms with Crippen molar-refractivity contribution in [2.75, 3.05) is 37.6 Å². The Morgan fingerprint density at radius 3 is 2.11 bits per heavy atom. The van der Waals surface area contributed by atoms with Gasteiger partial charge in [0.1, 0.15) is 24.0 Å². The van der Waals surface area contributed by atoms with Gasteiger partial charge in [-0.25, -0.2) is 0 Å². The summed E-state index contributed by atoms with van der Waals surface area (Å²) in [6.45, 7) is 5.38. The van der Waals surface area contributed by atoms with Crippen molar-refractivity contribution in [3.63, 3.8) is 0 Å². The number of rotatable bonds is 7. The minimum absolute atomic E-state index is 0.0207. The molecule has 3 aromatic rings. The third-order valence-corrected chi connectivity index (χ3v) is 11.6. The quantitative estimate of drug-likeness (QED) is 0.347. The van der Waals surface area contributed by atoms with Crippen LogP contribution in [0.15, 0.2) is 54.6 Å². The third-order valence-electron chi connectivity index (χ3n) is 11.3. The molecule has 5 heterocycles. The number of nitriles is 1. The Labute approximate surface area is 312 Å². The molecular formula is C40H39ClN6O6. The number of anilines is 1. The van der Waals surface area contributed by atoms with E-state index in [-0.39, 0.29) is 30.8 Å². The van der Waals surface area contributed by atoms with Crippen LogP contribution in [0.3, 0.4) is 0 Å². The molecule has 3 fully saturated rings. The second-order valence-electron chi connectivity index (χ2n) is 14.6. The summed E-state index contributed by atoms with van der Waals surface area (Å²) in [6.07, 6.45) is 3.72. The van der Waals surface area contributed by atoms with Crippen LogP contribution < -0.4 is 15.0 Å². The fraction of sp³-hybridized carbons (Fsp3) is 0.400. The summed E-state index contributed by atoms with van der Waals surface area (Å²) in [5.41, 5.74) is 4.94. The van der Waals surface area contributed by atoms with Crippen LogP contribution in [0.5, 0.6) is 5.75 Å². The van der Waals surface area contributed by atoms with Gasteiger partial charge >= 0.3 is 0 Å². The first kappa shape index (κ1) is 34.8. The Morgan fingerprint density at radius 1 is 0.849 bits per heavy atom. The van der Waals surface area contributed by atoms with Crippen LogP contribution in [0, 0.1) is 17.2 Å². The number of carbonyl (C=O) groups excluding carboxylic acids is 5. The molecule has 0 saturated carbocycles. The van der Waals surface area contributed by atoms with Gasteiger partial charge in [0.15, 0.2) is 0 Å². The molecule has 13 heteroatoms. The number of nitrogens with zero attached hydrogens (tertiary/aromatic N) is 5. The van der Waals surface area contributed by atoms with Gasteiger partial charge in [-0.2, -0.15) is 5.26 Å². The largest absolute Gasteiger partial charge is 0.490 e. The monoisotopic (exact) mass is 734 g/mol. The number of hydrogen-bond acceptors (Lipinski definition) is 9. The van der Waals surface area contributed by atoms with Gasteiger partial charge in [0.25, 0.3) is 17.7 Å². The number of ether oxygens (including phenoxy) is 1. The standard InChI is InChI=1S/C40H39ClN6O6/c41-34-19-31(6-3-26(34)20-42)53-30-11-15-46(16-12-30)38(50)25-1-4-29(5-2-25)45-13-9-24(10-14-45)21-44-22-27-17-32-33(18-28(27)23-44)40(52)47(39(32)51)35-7-8-36(48)43-37(35)49/h1-6,17-19,24,30,35H,7-16,21-23H2,(H,43,48,49). The predicted molar refractivity (Wildman–Crippen MR) is 194 cm³/mol. The van der Waals surface area contributed by atoms with E-state index < -0.39 is 23.8 Å². The number of hydrogen-bond donors (Lipinski definition) is 1. The van der Waals surface area contributed by atoms with Crippen molar-refractivity contribution in [2.24, 2.45) is 5.92 Å². The molecule has 8 rings (SSSR count). The Balaban J connectivity index is 0.798. The Hall–Kier alpha value is -5.25. The zero-order chi connectivity index (χ0) is 36.8. The van der Waals surface area contributed by atoms with Gasteiger partial charge in [-0.3, -0.25) is 39.1 Å². The molecule has 1 N–H and O–H groups in total. The molecule has 1 unspecified atom stereocenters. The number of piperidine rings is 3. The van der Waals surface area contributed by atoms with Crippen molar-refractivity contribution in [3.05, 3.63) is 93.0 Å². The molecule has 12 nitrogen and oxygen atoms in total. The number of carbonyl (C=O) groups is 5. The second kappa shape index (κ2) is 14.3. The fourth-order valence-corrected chi connectivity index (χ4v) is 8.55. The molecule has 53 heavy (non-hydrogen) atoms. The van der Waals surface area contributed by atoms with E-state index in [2.05, 4.69) is 21.2 Å². The summed E-state index contributed by atoms with van der Waals surface area (Å²) in [5.74, 6) is -0.764. The molecule has 0 aromatic heterocycles. The van der Waals surface area contributed by atoms with Crippen LogP contribution in [-0.2, 0) is 22.7 Å². The van der Waals surface area contributed by atoms with Crippen molar-refractivity contribution in [1.82, 2.24) is 20.0 Å². The Kier molecular flexibility index (Phi) is 9.39. The SMILES string of the molecule is N#Cc1ccc(OC2CCN(C(=O)c3ccc(N4CCC(CN5Cc6cc7c(cc6C5)C(=O)N(C5CCC(=O)NC5=O)C7=O)CC4)cc3)CC2)cc1Cl. The van der Waals surface area contributed by atoms with Crippen LogP contribution in [0.4, 0.5) is 5.69 Å². The molecule has 0 radical (unpaired) electrons. The third kappa shape index (κ3) is 6.87. The van der Waals surface area contributed by atoms with Gasteiger partial charge < -0.3 is 14.5 Å². The number of likely N-dealkylation sites (tertiary alicyclic amines) is 1. The molecule has 5 aliphatic rings. The molecule has 0 spiro atoms. The number of fused-ring (bicyclic) bond motifs is 2. The number of nitrogens with one attached hydrogen (secondary N) is 1. The van der Waals surface area contributed by atoms with E-state index in [0.29, 0.717) is 78.0 Å². The molecular weight excluding hydrogens is 696 g/mol. The van der Waals surface area contributed by atoms with Crippen LogP contribution in [0.1, 0.15) is 86.3 Å². The van der Waals surface area contributed by atoms with E-state index in [0.717, 1.165) is 54.2 Å². The van der Waals surface area contributed by atoms with Crippen LogP contribution in [0.25, 0.3) is 0 Å². The van der Waals surface area contributed by atoms with E-state index in [9.17, 15) is 24.0 Å². The average Bonchev–Trinajstić information content (AvgIpc) is 3.67. The zero-order valence-electron chi connectivity index (χ0n) is 29.2. The summed E-state index contributed by atoms with van der Waals surface area (Å²) in [7, 11) is 0. The van der Waals surface area contributed by atoms with E-state index in [4.69, 9.17) is 21.6 Å². The van der Waals surface area contributed by atoms with E-state index in [1.54, 1.807) is 18.2 Å².